The van der Waals surface area contributed by atoms with Crippen LogP contribution in [0, 0.1) is 5.82 Å². The highest BCUT2D eigenvalue weighted by molar-refractivity contribution is 5.63. The predicted octanol–water partition coefficient (Wildman–Crippen LogP) is 3.16. The number of benzene rings is 2. The minimum atomic E-state index is -0.331. The number of nitrogen functional groups attached to an aromatic ring is 1. The molecule has 17 heavy (non-hydrogen) atoms. The van der Waals surface area contributed by atoms with E-state index in [1.165, 1.54) is 6.07 Å². The lowest BCUT2D eigenvalue weighted by Gasteiger charge is -2.09. The SMILES string of the molecule is COc1ccc(F)c(Nc2ccc(N)cc2)c1. The number of hydrogen-bond acceptors (Lipinski definition) is 3. The fourth-order valence-electron chi connectivity index (χ4n) is 1.45. The number of hydrogen-bond donors (Lipinski definition) is 2. The summed E-state index contributed by atoms with van der Waals surface area (Å²) in [5.41, 5.74) is 7.38. The van der Waals surface area contributed by atoms with Crippen molar-refractivity contribution in [3.05, 3.63) is 48.3 Å². The van der Waals surface area contributed by atoms with Crippen LogP contribution in [-0.2, 0) is 0 Å². The molecule has 0 radical (unpaired) electrons. The number of halogens is 1. The molecule has 0 aliphatic rings. The third kappa shape index (κ3) is 2.66. The molecule has 2 aromatic carbocycles. The van der Waals surface area contributed by atoms with E-state index in [2.05, 4.69) is 5.32 Å². The van der Waals surface area contributed by atoms with Crippen molar-refractivity contribution in [2.45, 2.75) is 0 Å². The fourth-order valence-corrected chi connectivity index (χ4v) is 1.45. The number of rotatable bonds is 3. The second-order valence-corrected chi connectivity index (χ2v) is 3.59. The van der Waals surface area contributed by atoms with Crippen molar-refractivity contribution < 1.29 is 9.13 Å². The predicted molar refractivity (Wildman–Crippen MR) is 67.1 cm³/mol. The molecule has 0 saturated heterocycles. The van der Waals surface area contributed by atoms with Crippen molar-refractivity contribution >= 4 is 17.1 Å². The van der Waals surface area contributed by atoms with Crippen LogP contribution in [0.25, 0.3) is 0 Å². The van der Waals surface area contributed by atoms with Crippen molar-refractivity contribution in [2.75, 3.05) is 18.2 Å². The molecule has 2 rings (SSSR count). The second-order valence-electron chi connectivity index (χ2n) is 3.59. The van der Waals surface area contributed by atoms with Gasteiger partial charge in [-0.15, -0.1) is 0 Å². The molecule has 4 heteroatoms. The zero-order valence-electron chi connectivity index (χ0n) is 9.41. The van der Waals surface area contributed by atoms with Crippen LogP contribution in [0.1, 0.15) is 0 Å². The lowest BCUT2D eigenvalue weighted by Crippen LogP contribution is -1.95. The van der Waals surface area contributed by atoms with E-state index in [1.807, 2.05) is 0 Å². The zero-order valence-corrected chi connectivity index (χ0v) is 9.41. The normalized spacial score (nSPS) is 10.0. The van der Waals surface area contributed by atoms with Crippen molar-refractivity contribution in [1.29, 1.82) is 0 Å². The first kappa shape index (κ1) is 11.3. The van der Waals surface area contributed by atoms with Gasteiger partial charge in [0.2, 0.25) is 0 Å². The van der Waals surface area contributed by atoms with Crippen molar-refractivity contribution in [2.24, 2.45) is 0 Å². The molecule has 3 N–H and O–H groups in total. The molecule has 0 amide bonds. The summed E-state index contributed by atoms with van der Waals surface area (Å²) >= 11 is 0. The van der Waals surface area contributed by atoms with E-state index >= 15 is 0 Å². The average Bonchev–Trinajstić information content (AvgIpc) is 2.35. The monoisotopic (exact) mass is 232 g/mol. The number of methoxy groups -OCH3 is 1. The van der Waals surface area contributed by atoms with Gasteiger partial charge in [-0.25, -0.2) is 4.39 Å². The number of anilines is 3. The first-order valence-corrected chi connectivity index (χ1v) is 5.15. The van der Waals surface area contributed by atoms with Crippen LogP contribution in [0.2, 0.25) is 0 Å². The summed E-state index contributed by atoms with van der Waals surface area (Å²) < 4.78 is 18.6. The quantitative estimate of drug-likeness (QED) is 0.799. The van der Waals surface area contributed by atoms with Gasteiger partial charge in [0.05, 0.1) is 12.8 Å². The molecule has 0 bridgehead atoms. The summed E-state index contributed by atoms with van der Waals surface area (Å²) in [5, 5.41) is 2.96. The molecule has 0 aliphatic heterocycles. The van der Waals surface area contributed by atoms with Crippen LogP contribution < -0.4 is 15.8 Å². The van der Waals surface area contributed by atoms with E-state index in [-0.39, 0.29) is 5.82 Å². The standard InChI is InChI=1S/C13H13FN2O/c1-17-11-6-7-12(14)13(8-11)16-10-4-2-9(15)3-5-10/h2-8,16H,15H2,1H3. The van der Waals surface area contributed by atoms with Gasteiger partial charge < -0.3 is 15.8 Å². The summed E-state index contributed by atoms with van der Waals surface area (Å²) in [5.74, 6) is 0.270. The average molecular weight is 232 g/mol. The molecule has 0 aromatic heterocycles. The Morgan fingerprint density at radius 3 is 2.47 bits per heavy atom. The summed E-state index contributed by atoms with van der Waals surface area (Å²) in [6, 6.07) is 11.6. The molecule has 3 nitrogen and oxygen atoms in total. The van der Waals surface area contributed by atoms with Crippen molar-refractivity contribution in [3.63, 3.8) is 0 Å². The first-order valence-electron chi connectivity index (χ1n) is 5.15. The molecule has 0 saturated carbocycles. The van der Waals surface area contributed by atoms with Gasteiger partial charge in [0.1, 0.15) is 11.6 Å². The number of nitrogens with one attached hydrogen (secondary N) is 1. The molecule has 0 fully saturated rings. The Morgan fingerprint density at radius 1 is 1.12 bits per heavy atom. The third-order valence-corrected chi connectivity index (χ3v) is 2.36. The summed E-state index contributed by atoms with van der Waals surface area (Å²) in [6.07, 6.45) is 0. The Bertz CT molecular complexity index is 511. The summed E-state index contributed by atoms with van der Waals surface area (Å²) in [4.78, 5) is 0. The maximum Gasteiger partial charge on any atom is 0.146 e. The van der Waals surface area contributed by atoms with Crippen LogP contribution >= 0.6 is 0 Å². The topological polar surface area (TPSA) is 47.3 Å². The summed E-state index contributed by atoms with van der Waals surface area (Å²) in [7, 11) is 1.54. The maximum absolute atomic E-state index is 13.5. The number of ether oxygens (including phenoxy) is 1. The van der Waals surface area contributed by atoms with Crippen LogP contribution in [0.4, 0.5) is 21.5 Å². The highest BCUT2D eigenvalue weighted by atomic mass is 19.1. The van der Waals surface area contributed by atoms with E-state index in [4.69, 9.17) is 10.5 Å². The Balaban J connectivity index is 2.25. The van der Waals surface area contributed by atoms with Gasteiger partial charge in [0.15, 0.2) is 0 Å². The minimum absolute atomic E-state index is 0.331. The van der Waals surface area contributed by atoms with E-state index in [1.54, 1.807) is 43.5 Å². The zero-order chi connectivity index (χ0) is 12.3. The largest absolute Gasteiger partial charge is 0.497 e. The molecule has 88 valence electrons. The summed E-state index contributed by atoms with van der Waals surface area (Å²) in [6.45, 7) is 0. The highest BCUT2D eigenvalue weighted by Crippen LogP contribution is 2.25. The van der Waals surface area contributed by atoms with E-state index in [0.29, 0.717) is 17.1 Å². The van der Waals surface area contributed by atoms with Gasteiger partial charge in [-0.1, -0.05) is 0 Å². The molecule has 0 heterocycles. The van der Waals surface area contributed by atoms with Crippen LogP contribution in [0.3, 0.4) is 0 Å². The smallest absolute Gasteiger partial charge is 0.146 e. The van der Waals surface area contributed by atoms with Gasteiger partial charge in [0, 0.05) is 17.4 Å². The van der Waals surface area contributed by atoms with Crippen molar-refractivity contribution in [1.82, 2.24) is 0 Å². The lowest BCUT2D eigenvalue weighted by molar-refractivity contribution is 0.414. The van der Waals surface area contributed by atoms with Crippen LogP contribution in [-0.4, -0.2) is 7.11 Å². The Kier molecular flexibility index (Phi) is 3.14. The molecule has 2 aromatic rings. The highest BCUT2D eigenvalue weighted by Gasteiger charge is 2.04. The van der Waals surface area contributed by atoms with Crippen LogP contribution in [0.15, 0.2) is 42.5 Å². The lowest BCUT2D eigenvalue weighted by atomic mass is 10.2. The molecule has 0 unspecified atom stereocenters. The Hall–Kier alpha value is -2.23. The Morgan fingerprint density at radius 2 is 1.82 bits per heavy atom. The molecular weight excluding hydrogens is 219 g/mol. The molecule has 0 aliphatic carbocycles. The maximum atomic E-state index is 13.5. The molecule has 0 atom stereocenters. The number of nitrogens with two attached hydrogens (primary N) is 1. The van der Waals surface area contributed by atoms with Gasteiger partial charge in [-0.05, 0) is 36.4 Å². The third-order valence-electron chi connectivity index (χ3n) is 2.36. The van der Waals surface area contributed by atoms with Gasteiger partial charge >= 0.3 is 0 Å². The van der Waals surface area contributed by atoms with Gasteiger partial charge in [-0.2, -0.15) is 0 Å². The fraction of sp³-hybridized carbons (Fsp3) is 0.0769. The second kappa shape index (κ2) is 4.74. The van der Waals surface area contributed by atoms with Gasteiger partial charge in [-0.3, -0.25) is 0 Å². The van der Waals surface area contributed by atoms with E-state index in [0.717, 1.165) is 5.69 Å². The van der Waals surface area contributed by atoms with E-state index < -0.39 is 0 Å². The molecular formula is C13H13FN2O. The molecule has 0 spiro atoms. The minimum Gasteiger partial charge on any atom is -0.497 e. The van der Waals surface area contributed by atoms with E-state index in [9.17, 15) is 4.39 Å². The van der Waals surface area contributed by atoms with Crippen LogP contribution in [0.5, 0.6) is 5.75 Å². The van der Waals surface area contributed by atoms with Gasteiger partial charge in [0.25, 0.3) is 0 Å². The first-order chi connectivity index (χ1) is 8.19. The van der Waals surface area contributed by atoms with Crippen molar-refractivity contribution in [3.8, 4) is 5.75 Å². The Labute approximate surface area is 99.0 Å².